The summed E-state index contributed by atoms with van der Waals surface area (Å²) in [5.41, 5.74) is 3.39. The van der Waals surface area contributed by atoms with Gasteiger partial charge in [-0.1, -0.05) is 11.8 Å². The van der Waals surface area contributed by atoms with Crippen molar-refractivity contribution in [1.29, 1.82) is 0 Å². The third-order valence-electron chi connectivity index (χ3n) is 4.87. The maximum atomic E-state index is 13.0. The van der Waals surface area contributed by atoms with Gasteiger partial charge in [0.2, 0.25) is 0 Å². The monoisotopic (exact) mass is 412 g/mol. The molecule has 8 heteroatoms. The van der Waals surface area contributed by atoms with Gasteiger partial charge in [-0.2, -0.15) is 0 Å². The van der Waals surface area contributed by atoms with Gasteiger partial charge in [-0.3, -0.25) is 9.59 Å². The van der Waals surface area contributed by atoms with Gasteiger partial charge >= 0.3 is 0 Å². The molecule has 0 unspecified atom stereocenters. The molecular formula is C21H24N4O3S. The lowest BCUT2D eigenvalue weighted by atomic mass is 10.0. The molecule has 0 aliphatic heterocycles. The number of thioether (sulfide) groups is 1. The number of aryl methyl sites for hydroxylation is 1. The van der Waals surface area contributed by atoms with Gasteiger partial charge in [0.1, 0.15) is 5.75 Å². The van der Waals surface area contributed by atoms with Gasteiger partial charge in [0, 0.05) is 23.9 Å². The van der Waals surface area contributed by atoms with Crippen molar-refractivity contribution < 1.29 is 14.3 Å². The Morgan fingerprint density at radius 3 is 2.38 bits per heavy atom. The highest BCUT2D eigenvalue weighted by Crippen LogP contribution is 2.29. The first-order valence-electron chi connectivity index (χ1n) is 9.19. The molecule has 0 aliphatic carbocycles. The van der Waals surface area contributed by atoms with Crippen LogP contribution in [0.3, 0.4) is 0 Å². The highest BCUT2D eigenvalue weighted by Gasteiger charge is 2.26. The zero-order valence-corrected chi connectivity index (χ0v) is 18.2. The number of hydrogen-bond donors (Lipinski definition) is 1. The number of ether oxygens (including phenoxy) is 1. The zero-order valence-electron chi connectivity index (χ0n) is 17.4. The lowest BCUT2D eigenvalue weighted by molar-refractivity contribution is 0.0988. The van der Waals surface area contributed by atoms with Gasteiger partial charge < -0.3 is 14.3 Å². The van der Waals surface area contributed by atoms with Crippen LogP contribution in [0.4, 0.5) is 0 Å². The van der Waals surface area contributed by atoms with Crippen LogP contribution in [0.1, 0.15) is 46.0 Å². The van der Waals surface area contributed by atoms with Crippen LogP contribution in [0, 0.1) is 13.8 Å². The largest absolute Gasteiger partial charge is 0.497 e. The molecule has 1 N–H and O–H groups in total. The Morgan fingerprint density at radius 2 is 1.83 bits per heavy atom. The average molecular weight is 413 g/mol. The molecule has 7 nitrogen and oxygen atoms in total. The first-order valence-corrected chi connectivity index (χ1v) is 10.1. The Kier molecular flexibility index (Phi) is 5.93. The second-order valence-corrected chi connectivity index (χ2v) is 8.21. The summed E-state index contributed by atoms with van der Waals surface area (Å²) >= 11 is 1.34. The summed E-state index contributed by atoms with van der Waals surface area (Å²) in [6.07, 6.45) is 0. The van der Waals surface area contributed by atoms with E-state index in [0.29, 0.717) is 27.8 Å². The molecule has 2 heterocycles. The Bertz CT molecular complexity index is 1070. The fourth-order valence-electron chi connectivity index (χ4n) is 3.35. The average Bonchev–Trinajstić information content (AvgIpc) is 3.20. The van der Waals surface area contributed by atoms with Gasteiger partial charge in [0.05, 0.1) is 18.1 Å². The number of ketones is 2. The summed E-state index contributed by atoms with van der Waals surface area (Å²) in [6.45, 7) is 6.95. The predicted molar refractivity (Wildman–Crippen MR) is 113 cm³/mol. The number of hydrogen-bond acceptors (Lipinski definition) is 6. The summed E-state index contributed by atoms with van der Waals surface area (Å²) in [6, 6.07) is 7.57. The maximum Gasteiger partial charge on any atom is 0.192 e. The summed E-state index contributed by atoms with van der Waals surface area (Å²) in [5.74, 6) is 1.36. The van der Waals surface area contributed by atoms with Crippen LogP contribution in [-0.2, 0) is 7.05 Å². The Hall–Kier alpha value is -2.87. The van der Waals surface area contributed by atoms with E-state index in [9.17, 15) is 9.59 Å². The third-order valence-corrected chi connectivity index (χ3v) is 6.00. The highest BCUT2D eigenvalue weighted by atomic mass is 32.2. The SMILES string of the molecule is COc1ccc(-c2nnc(S[C@@H](C)C(=O)c3[nH]c(C)c(C(C)=O)c3C)n2C)cc1. The molecule has 0 saturated carbocycles. The van der Waals surface area contributed by atoms with Crippen LogP contribution in [-0.4, -0.2) is 43.7 Å². The van der Waals surface area contributed by atoms with Crippen molar-refractivity contribution in [3.8, 4) is 17.1 Å². The van der Waals surface area contributed by atoms with Crippen LogP contribution in [0.15, 0.2) is 29.4 Å². The van der Waals surface area contributed by atoms with E-state index < -0.39 is 5.25 Å². The van der Waals surface area contributed by atoms with Crippen LogP contribution in [0.25, 0.3) is 11.4 Å². The number of aromatic nitrogens is 4. The van der Waals surface area contributed by atoms with E-state index in [1.165, 1.54) is 18.7 Å². The van der Waals surface area contributed by atoms with Crippen molar-refractivity contribution in [2.24, 2.45) is 7.05 Å². The van der Waals surface area contributed by atoms with Crippen LogP contribution in [0.5, 0.6) is 5.75 Å². The maximum absolute atomic E-state index is 13.0. The van der Waals surface area contributed by atoms with Gasteiger partial charge in [-0.15, -0.1) is 10.2 Å². The van der Waals surface area contributed by atoms with Gasteiger partial charge in [-0.25, -0.2) is 0 Å². The van der Waals surface area contributed by atoms with E-state index >= 15 is 0 Å². The van der Waals surface area contributed by atoms with Crippen LogP contribution < -0.4 is 4.74 Å². The number of Topliss-reactive ketones (excluding diaryl/α,β-unsaturated/α-hetero) is 2. The summed E-state index contributed by atoms with van der Waals surface area (Å²) in [4.78, 5) is 27.9. The quantitative estimate of drug-likeness (QED) is 0.466. The fourth-order valence-corrected chi connectivity index (χ4v) is 4.22. The Labute approximate surface area is 173 Å². The molecule has 0 fully saturated rings. The van der Waals surface area contributed by atoms with Crippen LogP contribution in [0.2, 0.25) is 0 Å². The molecule has 2 aromatic heterocycles. The van der Waals surface area contributed by atoms with Gasteiger partial charge in [-0.05, 0) is 57.5 Å². The number of nitrogens with one attached hydrogen (secondary N) is 1. The normalized spacial score (nSPS) is 12.1. The molecular weight excluding hydrogens is 388 g/mol. The molecule has 3 rings (SSSR count). The number of methoxy groups -OCH3 is 1. The second-order valence-electron chi connectivity index (χ2n) is 6.90. The van der Waals surface area contributed by atoms with Crippen molar-refractivity contribution in [2.75, 3.05) is 7.11 Å². The minimum Gasteiger partial charge on any atom is -0.497 e. The first-order chi connectivity index (χ1) is 13.7. The van der Waals surface area contributed by atoms with E-state index in [0.717, 1.165) is 17.0 Å². The lowest BCUT2D eigenvalue weighted by Gasteiger charge is -2.10. The minimum atomic E-state index is -0.391. The highest BCUT2D eigenvalue weighted by molar-refractivity contribution is 8.00. The molecule has 0 saturated heterocycles. The topological polar surface area (TPSA) is 89.9 Å². The Morgan fingerprint density at radius 1 is 1.17 bits per heavy atom. The molecule has 1 aromatic carbocycles. The molecule has 3 aromatic rings. The third kappa shape index (κ3) is 3.98. The minimum absolute atomic E-state index is 0.0481. The Balaban J connectivity index is 1.81. The fraction of sp³-hybridized carbons (Fsp3) is 0.333. The number of nitrogens with zero attached hydrogens (tertiary/aromatic N) is 3. The summed E-state index contributed by atoms with van der Waals surface area (Å²) in [5, 5.41) is 8.78. The van der Waals surface area contributed by atoms with Crippen molar-refractivity contribution in [3.63, 3.8) is 0 Å². The molecule has 0 radical (unpaired) electrons. The van der Waals surface area contributed by atoms with Gasteiger partial charge in [0.25, 0.3) is 0 Å². The molecule has 0 spiro atoms. The number of H-pyrrole nitrogens is 1. The van der Waals surface area contributed by atoms with E-state index in [-0.39, 0.29) is 11.6 Å². The summed E-state index contributed by atoms with van der Waals surface area (Å²) < 4.78 is 7.05. The molecule has 0 amide bonds. The van der Waals surface area contributed by atoms with E-state index in [2.05, 4.69) is 15.2 Å². The first kappa shape index (κ1) is 20.9. The molecule has 0 aliphatic rings. The number of carbonyl (C=O) groups excluding carboxylic acids is 2. The number of benzene rings is 1. The van der Waals surface area contributed by atoms with E-state index in [4.69, 9.17) is 4.74 Å². The zero-order chi connectivity index (χ0) is 21.3. The van der Waals surface area contributed by atoms with Crippen molar-refractivity contribution in [1.82, 2.24) is 19.7 Å². The second kappa shape index (κ2) is 8.24. The van der Waals surface area contributed by atoms with E-state index in [1.807, 2.05) is 49.7 Å². The number of aromatic amines is 1. The van der Waals surface area contributed by atoms with Crippen LogP contribution >= 0.6 is 11.8 Å². The number of carbonyl (C=O) groups is 2. The van der Waals surface area contributed by atoms with E-state index in [1.54, 1.807) is 14.0 Å². The van der Waals surface area contributed by atoms with Gasteiger partial charge in [0.15, 0.2) is 22.5 Å². The smallest absolute Gasteiger partial charge is 0.192 e. The van der Waals surface area contributed by atoms with Crippen molar-refractivity contribution in [3.05, 3.63) is 46.8 Å². The van der Waals surface area contributed by atoms with Crippen molar-refractivity contribution in [2.45, 2.75) is 38.1 Å². The summed E-state index contributed by atoms with van der Waals surface area (Å²) in [7, 11) is 3.49. The lowest BCUT2D eigenvalue weighted by Crippen LogP contribution is -2.16. The molecule has 0 bridgehead atoms. The standard InChI is InChI=1S/C21H24N4O3S/c1-11-17(13(3)26)12(2)22-18(11)19(27)14(4)29-21-24-23-20(25(21)5)15-7-9-16(28-6)10-8-15/h7-10,14,22H,1-6H3/t14-/m0/s1. The predicted octanol–water partition coefficient (Wildman–Crippen LogP) is 4.00. The molecule has 1 atom stereocenters. The number of rotatable bonds is 7. The molecule has 29 heavy (non-hydrogen) atoms. The molecule has 152 valence electrons. The van der Waals surface area contributed by atoms with Crippen molar-refractivity contribution >= 4 is 23.3 Å².